The van der Waals surface area contributed by atoms with Crippen LogP contribution in [0.4, 0.5) is 5.69 Å². The molecule has 1 N–H and O–H groups in total. The minimum atomic E-state index is -0.450. The highest BCUT2D eigenvalue weighted by atomic mass is 16.5. The van der Waals surface area contributed by atoms with E-state index in [1.807, 2.05) is 52.8 Å². The van der Waals surface area contributed by atoms with E-state index in [-0.39, 0.29) is 24.3 Å². The van der Waals surface area contributed by atoms with Gasteiger partial charge in [0.25, 0.3) is 5.91 Å². The average molecular weight is 460 g/mol. The van der Waals surface area contributed by atoms with Crippen molar-refractivity contribution >= 4 is 29.4 Å². The van der Waals surface area contributed by atoms with Gasteiger partial charge in [0, 0.05) is 30.7 Å². The number of para-hydroxylation sites is 1. The standard InChI is InChI=1S/C25H37N3O5/c1-6-13-28(16-21(29)26-20-10-8-7-9-18(20)2)22(30)17-33-23(31)19-11-14-27(15-12-19)24(32)25(3,4)5/h7-10,19H,6,11-17H2,1-5H3,(H,26,29). The van der Waals surface area contributed by atoms with Gasteiger partial charge in [-0.05, 0) is 37.8 Å². The van der Waals surface area contributed by atoms with Gasteiger partial charge in [0.2, 0.25) is 11.8 Å². The smallest absolute Gasteiger partial charge is 0.309 e. The second kappa shape index (κ2) is 11.8. The lowest BCUT2D eigenvalue weighted by atomic mass is 9.91. The van der Waals surface area contributed by atoms with E-state index in [1.54, 1.807) is 11.0 Å². The van der Waals surface area contributed by atoms with E-state index in [4.69, 9.17) is 4.74 Å². The molecule has 0 saturated carbocycles. The Morgan fingerprint density at radius 1 is 1.12 bits per heavy atom. The van der Waals surface area contributed by atoms with Gasteiger partial charge < -0.3 is 19.9 Å². The van der Waals surface area contributed by atoms with Crippen LogP contribution >= 0.6 is 0 Å². The SMILES string of the molecule is CCCN(CC(=O)Nc1ccccc1C)C(=O)COC(=O)C1CCN(C(=O)C(C)(C)C)CC1. The molecule has 0 aliphatic carbocycles. The number of carbonyl (C=O) groups excluding carboxylic acids is 4. The topological polar surface area (TPSA) is 96.0 Å². The lowest BCUT2D eigenvalue weighted by molar-refractivity contribution is -0.158. The normalized spacial score (nSPS) is 14.5. The maximum absolute atomic E-state index is 12.6. The van der Waals surface area contributed by atoms with Gasteiger partial charge in [0.1, 0.15) is 0 Å². The van der Waals surface area contributed by atoms with Crippen LogP contribution in [0.2, 0.25) is 0 Å². The lowest BCUT2D eigenvalue weighted by Crippen LogP contribution is -2.45. The molecule has 1 aromatic carbocycles. The molecule has 0 radical (unpaired) electrons. The Bertz CT molecular complexity index is 854. The van der Waals surface area contributed by atoms with E-state index in [9.17, 15) is 19.2 Å². The zero-order chi connectivity index (χ0) is 24.6. The van der Waals surface area contributed by atoms with Gasteiger partial charge in [-0.15, -0.1) is 0 Å². The zero-order valence-electron chi connectivity index (χ0n) is 20.5. The Kier molecular flexibility index (Phi) is 9.44. The first-order valence-corrected chi connectivity index (χ1v) is 11.6. The number of aryl methyl sites for hydroxylation is 1. The van der Waals surface area contributed by atoms with Crippen LogP contribution < -0.4 is 5.32 Å². The number of ether oxygens (including phenoxy) is 1. The van der Waals surface area contributed by atoms with Crippen LogP contribution in [-0.4, -0.2) is 66.3 Å². The van der Waals surface area contributed by atoms with Gasteiger partial charge >= 0.3 is 5.97 Å². The zero-order valence-corrected chi connectivity index (χ0v) is 20.5. The van der Waals surface area contributed by atoms with Crippen molar-refractivity contribution in [3.05, 3.63) is 29.8 Å². The van der Waals surface area contributed by atoms with E-state index in [2.05, 4.69) is 5.32 Å². The van der Waals surface area contributed by atoms with Gasteiger partial charge in [0.15, 0.2) is 6.61 Å². The van der Waals surface area contributed by atoms with Crippen molar-refractivity contribution in [2.45, 2.75) is 53.9 Å². The number of hydrogen-bond donors (Lipinski definition) is 1. The summed E-state index contributed by atoms with van der Waals surface area (Å²) in [5.41, 5.74) is 1.19. The number of hydrogen-bond acceptors (Lipinski definition) is 5. The summed E-state index contributed by atoms with van der Waals surface area (Å²) in [6.45, 7) is 10.4. The molecular weight excluding hydrogens is 422 g/mol. The van der Waals surface area contributed by atoms with Crippen LogP contribution in [0.15, 0.2) is 24.3 Å². The molecule has 0 bridgehead atoms. The highest BCUT2D eigenvalue weighted by molar-refractivity contribution is 5.95. The van der Waals surface area contributed by atoms with E-state index in [1.165, 1.54) is 4.90 Å². The molecule has 2 rings (SSSR count). The summed E-state index contributed by atoms with van der Waals surface area (Å²) in [5, 5.41) is 2.82. The summed E-state index contributed by atoms with van der Waals surface area (Å²) in [4.78, 5) is 53.2. The number of anilines is 1. The maximum atomic E-state index is 12.6. The van der Waals surface area contributed by atoms with Gasteiger partial charge in [-0.25, -0.2) is 0 Å². The van der Waals surface area contributed by atoms with Crippen LogP contribution in [0, 0.1) is 18.3 Å². The molecule has 1 aliphatic rings. The molecule has 8 heteroatoms. The minimum Gasteiger partial charge on any atom is -0.455 e. The van der Waals surface area contributed by atoms with Crippen LogP contribution in [0.5, 0.6) is 0 Å². The third-order valence-corrected chi connectivity index (χ3v) is 5.69. The Morgan fingerprint density at radius 2 is 1.76 bits per heavy atom. The predicted octanol–water partition coefficient (Wildman–Crippen LogP) is 3.00. The van der Waals surface area contributed by atoms with Crippen molar-refractivity contribution in [2.24, 2.45) is 11.3 Å². The minimum absolute atomic E-state index is 0.0728. The van der Waals surface area contributed by atoms with Crippen LogP contribution in [0.3, 0.4) is 0 Å². The number of amides is 3. The van der Waals surface area contributed by atoms with Crippen molar-refractivity contribution in [3.8, 4) is 0 Å². The number of likely N-dealkylation sites (tertiary alicyclic amines) is 1. The second-order valence-corrected chi connectivity index (χ2v) is 9.60. The van der Waals surface area contributed by atoms with Crippen molar-refractivity contribution in [1.29, 1.82) is 0 Å². The first-order valence-electron chi connectivity index (χ1n) is 11.6. The molecule has 0 atom stereocenters. The summed E-state index contributed by atoms with van der Waals surface area (Å²) >= 11 is 0. The fourth-order valence-electron chi connectivity index (χ4n) is 3.77. The molecule has 0 spiro atoms. The lowest BCUT2D eigenvalue weighted by Gasteiger charge is -2.35. The summed E-state index contributed by atoms with van der Waals surface area (Å²) < 4.78 is 5.29. The molecule has 3 amide bonds. The molecule has 1 heterocycles. The molecular formula is C25H37N3O5. The molecule has 33 heavy (non-hydrogen) atoms. The molecule has 1 aliphatic heterocycles. The second-order valence-electron chi connectivity index (χ2n) is 9.60. The average Bonchev–Trinajstić information content (AvgIpc) is 2.77. The molecule has 1 saturated heterocycles. The number of carbonyl (C=O) groups is 4. The Labute approximate surface area is 196 Å². The first kappa shape index (κ1) is 26.4. The maximum Gasteiger partial charge on any atom is 0.309 e. The fraction of sp³-hybridized carbons (Fsp3) is 0.600. The van der Waals surface area contributed by atoms with E-state index in [0.717, 1.165) is 5.56 Å². The third-order valence-electron chi connectivity index (χ3n) is 5.69. The van der Waals surface area contributed by atoms with Crippen molar-refractivity contribution < 1.29 is 23.9 Å². The third kappa shape index (κ3) is 7.87. The summed E-state index contributed by atoms with van der Waals surface area (Å²) in [6.07, 6.45) is 1.72. The molecule has 1 aromatic rings. The summed E-state index contributed by atoms with van der Waals surface area (Å²) in [5.74, 6) is -1.37. The highest BCUT2D eigenvalue weighted by Gasteiger charge is 2.33. The Morgan fingerprint density at radius 3 is 2.33 bits per heavy atom. The molecule has 0 unspecified atom stereocenters. The van der Waals surface area contributed by atoms with Crippen LogP contribution in [0.25, 0.3) is 0 Å². The fourth-order valence-corrected chi connectivity index (χ4v) is 3.77. The largest absolute Gasteiger partial charge is 0.455 e. The van der Waals surface area contributed by atoms with Crippen molar-refractivity contribution in [1.82, 2.24) is 9.80 Å². The van der Waals surface area contributed by atoms with Crippen molar-refractivity contribution in [2.75, 3.05) is 38.1 Å². The van der Waals surface area contributed by atoms with E-state index in [0.29, 0.717) is 44.6 Å². The number of nitrogens with zero attached hydrogens (tertiary/aromatic N) is 2. The summed E-state index contributed by atoms with van der Waals surface area (Å²) in [7, 11) is 0. The van der Waals surface area contributed by atoms with Gasteiger partial charge in [0.05, 0.1) is 12.5 Å². The number of piperidine rings is 1. The molecule has 182 valence electrons. The highest BCUT2D eigenvalue weighted by Crippen LogP contribution is 2.24. The van der Waals surface area contributed by atoms with Gasteiger partial charge in [-0.2, -0.15) is 0 Å². The van der Waals surface area contributed by atoms with E-state index >= 15 is 0 Å². The first-order chi connectivity index (χ1) is 15.5. The molecule has 0 aromatic heterocycles. The number of benzene rings is 1. The number of nitrogens with one attached hydrogen (secondary N) is 1. The van der Waals surface area contributed by atoms with Crippen LogP contribution in [0.1, 0.15) is 52.5 Å². The summed E-state index contributed by atoms with van der Waals surface area (Å²) in [6, 6.07) is 7.42. The Balaban J connectivity index is 1.83. The van der Waals surface area contributed by atoms with E-state index < -0.39 is 23.9 Å². The van der Waals surface area contributed by atoms with Gasteiger partial charge in [-0.1, -0.05) is 45.9 Å². The molecule has 1 fully saturated rings. The number of esters is 1. The monoisotopic (exact) mass is 459 g/mol. The van der Waals surface area contributed by atoms with Crippen molar-refractivity contribution in [3.63, 3.8) is 0 Å². The van der Waals surface area contributed by atoms with Crippen LogP contribution in [-0.2, 0) is 23.9 Å². The number of rotatable bonds is 8. The Hall–Kier alpha value is -2.90. The quantitative estimate of drug-likeness (QED) is 0.603. The molecule has 8 nitrogen and oxygen atoms in total. The van der Waals surface area contributed by atoms with Gasteiger partial charge in [-0.3, -0.25) is 19.2 Å². The predicted molar refractivity (Wildman–Crippen MR) is 126 cm³/mol.